The molecule has 0 radical (unpaired) electrons. The summed E-state index contributed by atoms with van der Waals surface area (Å²) in [7, 11) is 8.66. The molecule has 1 unspecified atom stereocenters. The Balaban J connectivity index is 1.16. The van der Waals surface area contributed by atoms with Crippen LogP contribution in [0.3, 0.4) is 0 Å². The Kier molecular flexibility index (Phi) is 25.7. The molecule has 5 amide bonds. The van der Waals surface area contributed by atoms with Crippen LogP contribution in [0.15, 0.2) is 41.5 Å². The first kappa shape index (κ1) is 66.7. The Hall–Kier alpha value is -6.07. The molecule has 0 saturated carbocycles. The van der Waals surface area contributed by atoms with Gasteiger partial charge in [-0.1, -0.05) is 76.6 Å². The number of aliphatic carboxylic acids is 1. The lowest BCUT2D eigenvalue weighted by molar-refractivity contribution is -0.146. The summed E-state index contributed by atoms with van der Waals surface area (Å²) >= 11 is 1.07. The van der Waals surface area contributed by atoms with Crippen LogP contribution in [0, 0.1) is 29.6 Å². The van der Waals surface area contributed by atoms with Crippen LogP contribution in [-0.4, -0.2) is 218 Å². The first-order chi connectivity index (χ1) is 38.9. The number of aryl methyl sites for hydroxylation is 1. The van der Waals surface area contributed by atoms with Gasteiger partial charge in [-0.2, -0.15) is 0 Å². The lowest BCUT2D eigenvalue weighted by Crippen LogP contribution is -2.56. The third-order valence-corrected chi connectivity index (χ3v) is 17.8. The summed E-state index contributed by atoms with van der Waals surface area (Å²) in [5, 5.41) is 17.0. The minimum absolute atomic E-state index is 0.00348. The van der Waals surface area contributed by atoms with E-state index < -0.39 is 65.1 Å². The number of ether oxygens (including phenoxy) is 2. The summed E-state index contributed by atoms with van der Waals surface area (Å²) in [6, 6.07) is 8.03. The summed E-state index contributed by atoms with van der Waals surface area (Å²) in [6.07, 6.45) is 3.53. The molecule has 0 spiro atoms. The molecular formula is C59H90N10O12S. The van der Waals surface area contributed by atoms with Crippen molar-refractivity contribution in [2.24, 2.45) is 34.6 Å². The number of amides is 5. The molecule has 10 atom stereocenters. The van der Waals surface area contributed by atoms with Crippen LogP contribution in [0.2, 0.25) is 0 Å². The molecule has 0 bridgehead atoms. The van der Waals surface area contributed by atoms with Crippen LogP contribution < -0.4 is 0 Å². The highest BCUT2D eigenvalue weighted by Gasteiger charge is 2.44. The number of ketones is 3. The maximum absolute atomic E-state index is 14.9. The Bertz CT molecular complexity index is 2550. The first-order valence-electron chi connectivity index (χ1n) is 28.9. The van der Waals surface area contributed by atoms with Gasteiger partial charge in [0.15, 0.2) is 5.96 Å². The van der Waals surface area contributed by atoms with Crippen molar-refractivity contribution in [1.29, 1.82) is 0 Å². The van der Waals surface area contributed by atoms with Crippen molar-refractivity contribution in [3.8, 4) is 0 Å². The number of likely N-dealkylation sites (tertiary alicyclic amines) is 2. The summed E-state index contributed by atoms with van der Waals surface area (Å²) in [6.45, 7) is 15.3. The quantitative estimate of drug-likeness (QED) is 0.0619. The summed E-state index contributed by atoms with van der Waals surface area (Å²) < 4.78 is 13.8. The lowest BCUT2D eigenvalue weighted by Gasteiger charge is -2.41. The zero-order chi connectivity index (χ0) is 60.5. The SMILES string of the molecule is CC[C@H](C)[C@@H]([C@@H](CC(=O)N1CCC[C@H]1[C@H](OC)[C@@H](C)C(=O)C[C@@H](Cc1ccccc1)C(C)=O)OC)N(C)C(=O)[C@@H](N=C(N(C)C)N1CCN(C(=O)CCCn2cc(CN3C(=O)CC(SC[C@H](CC(C)=O)C(=O)O)C3=O)nn2)CC1)C(C)C. The molecule has 5 rings (SSSR count). The number of carbonyl (C=O) groups is 9. The highest BCUT2D eigenvalue weighted by atomic mass is 32.2. The minimum atomic E-state index is -1.13. The van der Waals surface area contributed by atoms with Crippen LogP contribution in [0.4, 0.5) is 0 Å². The number of likely N-dealkylation sites (N-methyl/N-ethyl adjacent to an activating group) is 1. The molecule has 3 aliphatic heterocycles. The Morgan fingerprint density at radius 3 is 2.12 bits per heavy atom. The number of guanidine groups is 1. The smallest absolute Gasteiger partial charge is 0.307 e. The van der Waals surface area contributed by atoms with E-state index in [-0.39, 0.29) is 97.4 Å². The average molecular weight is 1160 g/mol. The number of imide groups is 1. The van der Waals surface area contributed by atoms with Gasteiger partial charge in [0.2, 0.25) is 29.5 Å². The van der Waals surface area contributed by atoms with Gasteiger partial charge >= 0.3 is 5.97 Å². The lowest BCUT2D eigenvalue weighted by atomic mass is 9.84. The minimum Gasteiger partial charge on any atom is -0.481 e. The molecule has 3 aliphatic rings. The molecule has 1 aromatic carbocycles. The second kappa shape index (κ2) is 31.6. The highest BCUT2D eigenvalue weighted by Crippen LogP contribution is 2.32. The number of piperazine rings is 1. The van der Waals surface area contributed by atoms with Crippen LogP contribution in [0.1, 0.15) is 118 Å². The molecule has 3 fully saturated rings. The third kappa shape index (κ3) is 18.0. The Morgan fingerprint density at radius 2 is 1.54 bits per heavy atom. The van der Waals surface area contributed by atoms with Crippen molar-refractivity contribution < 1.29 is 57.7 Å². The molecule has 4 heterocycles. The number of carboxylic acids is 1. The van der Waals surface area contributed by atoms with Crippen molar-refractivity contribution in [2.45, 2.75) is 161 Å². The number of hydrogen-bond donors (Lipinski definition) is 1. The van der Waals surface area contributed by atoms with E-state index in [0.717, 1.165) is 28.6 Å². The Labute approximate surface area is 488 Å². The van der Waals surface area contributed by atoms with Crippen molar-refractivity contribution in [3.63, 3.8) is 0 Å². The number of thioether (sulfide) groups is 1. The molecule has 1 N–H and O–H groups in total. The monoisotopic (exact) mass is 1160 g/mol. The van der Waals surface area contributed by atoms with E-state index in [4.69, 9.17) is 14.5 Å². The van der Waals surface area contributed by atoms with Gasteiger partial charge in [-0.3, -0.25) is 47.9 Å². The molecule has 22 nitrogen and oxygen atoms in total. The van der Waals surface area contributed by atoms with Gasteiger partial charge < -0.3 is 43.9 Å². The van der Waals surface area contributed by atoms with Gasteiger partial charge in [-0.15, -0.1) is 16.9 Å². The molecule has 3 saturated heterocycles. The number of benzene rings is 1. The van der Waals surface area contributed by atoms with Gasteiger partial charge in [-0.25, -0.2) is 4.99 Å². The van der Waals surface area contributed by atoms with E-state index in [0.29, 0.717) is 76.6 Å². The average Bonchev–Trinajstić information content (AvgIpc) is 4.26. The summed E-state index contributed by atoms with van der Waals surface area (Å²) in [5.41, 5.74) is 1.38. The van der Waals surface area contributed by atoms with E-state index in [2.05, 4.69) is 22.1 Å². The first-order valence-corrected chi connectivity index (χ1v) is 30.0. The molecule has 82 heavy (non-hydrogen) atoms. The number of aromatic nitrogens is 3. The summed E-state index contributed by atoms with van der Waals surface area (Å²) in [4.78, 5) is 134. The second-order valence-electron chi connectivity index (χ2n) is 23.0. The molecular weight excluding hydrogens is 1070 g/mol. The number of Topliss-reactive ketones (excluding diaryl/α,β-unsaturated/α-hetero) is 3. The van der Waals surface area contributed by atoms with Gasteiger partial charge in [0.25, 0.3) is 0 Å². The molecule has 23 heteroatoms. The molecule has 454 valence electrons. The van der Waals surface area contributed by atoms with Gasteiger partial charge in [0.1, 0.15) is 29.1 Å². The fourth-order valence-corrected chi connectivity index (χ4v) is 12.7. The van der Waals surface area contributed by atoms with Gasteiger partial charge in [-0.05, 0) is 56.9 Å². The normalized spacial score (nSPS) is 19.8. The fourth-order valence-electron chi connectivity index (χ4n) is 11.5. The van der Waals surface area contributed by atoms with Crippen LogP contribution >= 0.6 is 11.8 Å². The molecule has 1 aromatic heterocycles. The van der Waals surface area contributed by atoms with E-state index in [1.54, 1.807) is 37.0 Å². The maximum Gasteiger partial charge on any atom is 0.307 e. The topological polar surface area (TPSA) is 255 Å². The number of aliphatic imine (C=N–C) groups is 1. The number of rotatable bonds is 31. The highest BCUT2D eigenvalue weighted by molar-refractivity contribution is 8.00. The van der Waals surface area contributed by atoms with E-state index in [1.165, 1.54) is 13.8 Å². The van der Waals surface area contributed by atoms with Crippen molar-refractivity contribution in [1.82, 2.24) is 44.4 Å². The van der Waals surface area contributed by atoms with Crippen molar-refractivity contribution >= 4 is 70.6 Å². The van der Waals surface area contributed by atoms with E-state index in [1.807, 2.05) is 86.8 Å². The van der Waals surface area contributed by atoms with Crippen molar-refractivity contribution in [3.05, 3.63) is 47.8 Å². The maximum atomic E-state index is 14.9. The van der Waals surface area contributed by atoms with Crippen LogP contribution in [0.25, 0.3) is 0 Å². The predicted molar refractivity (Wildman–Crippen MR) is 310 cm³/mol. The standard InChI is InChI=1S/C59H90N10O12S/c1-13-38(4)54(48(80-11)32-51(74)68-24-17-21-46(68)55(81-12)40(6)47(72)31-43(41(7)71)30-42-19-15-14-16-20-42)64(10)57(77)53(37(2)3)60-59(63(8)9)66-27-25-65(26-28-66)50(73)22-18-23-67-34-45(61-62-67)35-69-52(75)33-49(56(69)76)82-36-44(58(78)79)29-39(5)70/h14-16,19-20,34,37-38,40,43-44,46,48-49,53-55H,13,17-18,21-33,35-36H2,1-12H3,(H,78,79)/t38-,40-,43+,44-,46-,48+,49?,53-,54-,55+/m0/s1. The fraction of sp³-hybridized carbons (Fsp3) is 0.695. The number of hydrogen-bond acceptors (Lipinski definition) is 15. The van der Waals surface area contributed by atoms with E-state index >= 15 is 0 Å². The largest absolute Gasteiger partial charge is 0.481 e. The number of methoxy groups -OCH3 is 2. The number of carboxylic acid groups (broad SMARTS) is 1. The molecule has 0 aliphatic carbocycles. The second-order valence-corrected chi connectivity index (χ2v) is 24.2. The summed E-state index contributed by atoms with van der Waals surface area (Å²) in [5.74, 6) is -4.34. The van der Waals surface area contributed by atoms with E-state index in [9.17, 15) is 48.3 Å². The zero-order valence-corrected chi connectivity index (χ0v) is 51.2. The zero-order valence-electron chi connectivity index (χ0n) is 50.4. The number of carbonyl (C=O) groups excluding carboxylic acids is 8. The molecule has 2 aromatic rings. The van der Waals surface area contributed by atoms with Gasteiger partial charge in [0, 0.05) is 118 Å². The predicted octanol–water partition coefficient (Wildman–Crippen LogP) is 4.51. The third-order valence-electron chi connectivity index (χ3n) is 16.4. The number of nitrogens with zero attached hydrogens (tertiary/aromatic N) is 10. The van der Waals surface area contributed by atoms with Crippen LogP contribution in [0.5, 0.6) is 0 Å². The van der Waals surface area contributed by atoms with Crippen LogP contribution in [-0.2, 0) is 72.1 Å². The van der Waals surface area contributed by atoms with Gasteiger partial charge in [0.05, 0.1) is 54.6 Å². The van der Waals surface area contributed by atoms with Crippen molar-refractivity contribution in [2.75, 3.05) is 73.8 Å². The Morgan fingerprint density at radius 1 is 0.866 bits per heavy atom.